The van der Waals surface area contributed by atoms with Gasteiger partial charge in [-0.1, -0.05) is 49.0 Å². The van der Waals surface area contributed by atoms with Crippen LogP contribution >= 0.6 is 11.8 Å². The number of carbonyl (C=O) groups is 2. The first-order chi connectivity index (χ1) is 14.6. The van der Waals surface area contributed by atoms with Gasteiger partial charge in [0.15, 0.2) is 5.16 Å². The van der Waals surface area contributed by atoms with Crippen molar-refractivity contribution in [2.24, 2.45) is 0 Å². The summed E-state index contributed by atoms with van der Waals surface area (Å²) in [6, 6.07) is 15.5. The molecule has 0 aliphatic heterocycles. The molecule has 0 radical (unpaired) electrons. The van der Waals surface area contributed by atoms with Crippen molar-refractivity contribution in [3.05, 3.63) is 54.1 Å². The molecule has 0 unspecified atom stereocenters. The van der Waals surface area contributed by atoms with Gasteiger partial charge in [0.25, 0.3) is 0 Å². The minimum atomic E-state index is -0.249. The van der Waals surface area contributed by atoms with Crippen LogP contribution in [0.5, 0.6) is 0 Å². The maximum absolute atomic E-state index is 12.3. The molecule has 0 saturated carbocycles. The minimum absolute atomic E-state index is 0.0719. The molecular formula is C22H26N4O3S. The number of benzene rings is 2. The number of nitrogens with zero attached hydrogens (tertiary/aromatic N) is 2. The third kappa shape index (κ3) is 5.61. The Balaban J connectivity index is 1.54. The quantitative estimate of drug-likeness (QED) is 0.487. The first-order valence-electron chi connectivity index (χ1n) is 9.83. The number of fused-ring (bicyclic) bond motifs is 1. The van der Waals surface area contributed by atoms with Crippen molar-refractivity contribution >= 4 is 40.3 Å². The Hall–Kier alpha value is -2.84. The number of anilines is 1. The first-order valence-corrected chi connectivity index (χ1v) is 10.8. The third-order valence-electron chi connectivity index (χ3n) is 4.59. The maximum atomic E-state index is 12.3. The fourth-order valence-electron chi connectivity index (χ4n) is 3.07. The van der Waals surface area contributed by atoms with Gasteiger partial charge in [-0.05, 0) is 30.2 Å². The van der Waals surface area contributed by atoms with E-state index in [0.29, 0.717) is 13.2 Å². The molecule has 0 spiro atoms. The van der Waals surface area contributed by atoms with E-state index in [-0.39, 0.29) is 24.1 Å². The zero-order valence-corrected chi connectivity index (χ0v) is 18.0. The largest absolute Gasteiger partial charge is 0.383 e. The van der Waals surface area contributed by atoms with E-state index in [1.165, 1.54) is 11.8 Å². The highest BCUT2D eigenvalue weighted by atomic mass is 32.2. The van der Waals surface area contributed by atoms with Crippen LogP contribution in [-0.2, 0) is 27.3 Å². The van der Waals surface area contributed by atoms with Gasteiger partial charge >= 0.3 is 0 Å². The van der Waals surface area contributed by atoms with Crippen molar-refractivity contribution in [1.82, 2.24) is 14.9 Å². The lowest BCUT2D eigenvalue weighted by atomic mass is 10.1. The van der Waals surface area contributed by atoms with Crippen LogP contribution in [-0.4, -0.2) is 47.4 Å². The number of nitrogens with one attached hydrogen (secondary N) is 2. The minimum Gasteiger partial charge on any atom is -0.383 e. The van der Waals surface area contributed by atoms with Crippen LogP contribution in [0.15, 0.2) is 53.7 Å². The van der Waals surface area contributed by atoms with E-state index in [2.05, 4.69) is 15.6 Å². The van der Waals surface area contributed by atoms with Crippen LogP contribution < -0.4 is 10.6 Å². The summed E-state index contributed by atoms with van der Waals surface area (Å²) in [5, 5.41) is 6.28. The summed E-state index contributed by atoms with van der Waals surface area (Å²) in [6.45, 7) is 3.17. The molecule has 3 rings (SSSR count). The highest BCUT2D eigenvalue weighted by Crippen LogP contribution is 2.24. The van der Waals surface area contributed by atoms with Crippen LogP contribution in [0.2, 0.25) is 0 Å². The lowest BCUT2D eigenvalue weighted by Gasteiger charge is -2.10. The molecule has 158 valence electrons. The normalized spacial score (nSPS) is 10.9. The van der Waals surface area contributed by atoms with Crippen LogP contribution in [0.25, 0.3) is 11.0 Å². The van der Waals surface area contributed by atoms with Gasteiger partial charge in [-0.15, -0.1) is 0 Å². The number of hydrogen-bond acceptors (Lipinski definition) is 5. The SMILES string of the molecule is CCc1ccccc1NC(=O)CNC(=O)CSc1nc2ccccc2n1CCOC. The summed E-state index contributed by atoms with van der Waals surface area (Å²) in [6.07, 6.45) is 0.823. The number of ether oxygens (including phenoxy) is 1. The van der Waals surface area contributed by atoms with E-state index in [1.54, 1.807) is 7.11 Å². The number of carbonyl (C=O) groups excluding carboxylic acids is 2. The van der Waals surface area contributed by atoms with Gasteiger partial charge in [0.1, 0.15) is 0 Å². The molecule has 0 fully saturated rings. The number of aromatic nitrogens is 2. The molecule has 0 bridgehead atoms. The molecule has 0 aliphatic carbocycles. The van der Waals surface area contributed by atoms with Crippen LogP contribution in [0, 0.1) is 0 Å². The predicted octanol–water partition coefficient (Wildman–Crippen LogP) is 3.09. The fraction of sp³-hybridized carbons (Fsp3) is 0.318. The fourth-order valence-corrected chi connectivity index (χ4v) is 3.94. The van der Waals surface area contributed by atoms with Gasteiger partial charge in [0, 0.05) is 19.3 Å². The molecule has 7 nitrogen and oxygen atoms in total. The maximum Gasteiger partial charge on any atom is 0.243 e. The summed E-state index contributed by atoms with van der Waals surface area (Å²) in [7, 11) is 1.66. The van der Waals surface area contributed by atoms with E-state index in [4.69, 9.17) is 4.74 Å². The van der Waals surface area contributed by atoms with Gasteiger partial charge in [0.05, 0.1) is 29.9 Å². The smallest absolute Gasteiger partial charge is 0.243 e. The Morgan fingerprint density at radius 3 is 2.67 bits per heavy atom. The van der Waals surface area contributed by atoms with E-state index in [0.717, 1.165) is 33.9 Å². The molecule has 1 heterocycles. The average molecular weight is 427 g/mol. The molecule has 2 amide bonds. The molecule has 0 atom stereocenters. The van der Waals surface area contributed by atoms with Gasteiger partial charge in [-0.25, -0.2) is 4.98 Å². The summed E-state index contributed by atoms with van der Waals surface area (Å²) >= 11 is 1.35. The van der Waals surface area contributed by atoms with Gasteiger partial charge in [0.2, 0.25) is 11.8 Å². The number of methoxy groups -OCH3 is 1. The summed E-state index contributed by atoms with van der Waals surface area (Å²) in [5.74, 6) is -0.291. The lowest BCUT2D eigenvalue weighted by Crippen LogP contribution is -2.34. The van der Waals surface area contributed by atoms with Gasteiger partial charge in [-0.3, -0.25) is 9.59 Å². The predicted molar refractivity (Wildman–Crippen MR) is 120 cm³/mol. The van der Waals surface area contributed by atoms with Crippen molar-refractivity contribution in [1.29, 1.82) is 0 Å². The molecule has 8 heteroatoms. The highest BCUT2D eigenvalue weighted by molar-refractivity contribution is 7.99. The molecule has 0 saturated heterocycles. The van der Waals surface area contributed by atoms with Crippen molar-refractivity contribution in [2.45, 2.75) is 25.0 Å². The van der Waals surface area contributed by atoms with E-state index in [1.807, 2.05) is 60.0 Å². The highest BCUT2D eigenvalue weighted by Gasteiger charge is 2.13. The first kappa shape index (κ1) is 21.9. The molecule has 2 aromatic carbocycles. The van der Waals surface area contributed by atoms with Crippen LogP contribution in [0.4, 0.5) is 5.69 Å². The second-order valence-electron chi connectivity index (χ2n) is 6.65. The molecule has 3 aromatic rings. The monoisotopic (exact) mass is 426 g/mol. The summed E-state index contributed by atoms with van der Waals surface area (Å²) < 4.78 is 7.24. The Bertz CT molecular complexity index is 1020. The molecule has 1 aromatic heterocycles. The Morgan fingerprint density at radius 1 is 1.10 bits per heavy atom. The second kappa shape index (κ2) is 10.8. The van der Waals surface area contributed by atoms with Crippen molar-refractivity contribution in [3.8, 4) is 0 Å². The Kier molecular flexibility index (Phi) is 7.87. The lowest BCUT2D eigenvalue weighted by molar-refractivity contribution is -0.122. The van der Waals surface area contributed by atoms with Crippen LogP contribution in [0.3, 0.4) is 0 Å². The van der Waals surface area contributed by atoms with Gasteiger partial charge < -0.3 is 19.9 Å². The van der Waals surface area contributed by atoms with Gasteiger partial charge in [-0.2, -0.15) is 0 Å². The number of para-hydroxylation sites is 3. The molecule has 30 heavy (non-hydrogen) atoms. The topological polar surface area (TPSA) is 85.3 Å². The molecule has 2 N–H and O–H groups in total. The van der Waals surface area contributed by atoms with Crippen LogP contribution in [0.1, 0.15) is 12.5 Å². The number of imidazole rings is 1. The number of hydrogen-bond donors (Lipinski definition) is 2. The number of amides is 2. The average Bonchev–Trinajstić information content (AvgIpc) is 3.12. The number of thioether (sulfide) groups is 1. The summed E-state index contributed by atoms with van der Waals surface area (Å²) in [5.41, 5.74) is 3.72. The Labute approximate surface area is 180 Å². The zero-order chi connectivity index (χ0) is 21.3. The second-order valence-corrected chi connectivity index (χ2v) is 7.59. The van der Waals surface area contributed by atoms with E-state index < -0.39 is 0 Å². The van der Waals surface area contributed by atoms with Crippen molar-refractivity contribution in [2.75, 3.05) is 31.3 Å². The van der Waals surface area contributed by atoms with E-state index >= 15 is 0 Å². The summed E-state index contributed by atoms with van der Waals surface area (Å²) in [4.78, 5) is 29.1. The Morgan fingerprint density at radius 2 is 1.87 bits per heavy atom. The van der Waals surface area contributed by atoms with Crippen molar-refractivity contribution in [3.63, 3.8) is 0 Å². The number of aryl methyl sites for hydroxylation is 1. The zero-order valence-electron chi connectivity index (χ0n) is 17.2. The molecule has 0 aliphatic rings. The third-order valence-corrected chi connectivity index (χ3v) is 5.57. The van der Waals surface area contributed by atoms with E-state index in [9.17, 15) is 9.59 Å². The molecular weight excluding hydrogens is 400 g/mol. The number of rotatable bonds is 10. The van der Waals surface area contributed by atoms with Crippen molar-refractivity contribution < 1.29 is 14.3 Å². The standard InChI is InChI=1S/C22H26N4O3S/c1-3-16-8-4-5-9-17(16)24-20(27)14-23-21(28)15-30-22-25-18-10-6-7-11-19(18)26(22)12-13-29-2/h4-11H,3,12-15H2,1-2H3,(H,23,28)(H,24,27).